The molecule has 1 fully saturated rings. The molecular weight excluding hydrogens is 482 g/mol. The third-order valence-corrected chi connectivity index (χ3v) is 6.65. The Morgan fingerprint density at radius 3 is 2.53 bits per heavy atom. The molecule has 1 aliphatic rings. The number of pyridine rings is 1. The monoisotopic (exact) mass is 507 g/mol. The third kappa shape index (κ3) is 4.72. The van der Waals surface area contributed by atoms with Crippen LogP contribution >= 0.6 is 11.3 Å². The summed E-state index contributed by atoms with van der Waals surface area (Å²) in [7, 11) is 1.25. The number of aliphatic hydroxyl groups is 1. The summed E-state index contributed by atoms with van der Waals surface area (Å²) in [5, 5.41) is 11.4. The topological polar surface area (TPSA) is 119 Å². The molecule has 2 aromatic heterocycles. The summed E-state index contributed by atoms with van der Waals surface area (Å²) < 4.78 is 10.5. The minimum Gasteiger partial charge on any atom is -0.507 e. The standard InChI is InChI=1S/C26H25N3O6S/c1-14(2)13-35-18-9-7-16(8-10-18)21(30)19-20(17-6-5-11-27-12-17)29(24(32)22(19)31)26-28-15(3)23(36-26)25(33)34-4/h5-12,14,20,30H,13H2,1-4H3/b21-19-. The van der Waals surface area contributed by atoms with Gasteiger partial charge in [0.2, 0.25) is 0 Å². The van der Waals surface area contributed by atoms with Crippen LogP contribution in [0.15, 0.2) is 54.4 Å². The molecule has 1 amide bonds. The Morgan fingerprint density at radius 2 is 1.92 bits per heavy atom. The maximum Gasteiger partial charge on any atom is 0.350 e. The van der Waals surface area contributed by atoms with Gasteiger partial charge in [0.1, 0.15) is 16.4 Å². The fourth-order valence-corrected chi connectivity index (χ4v) is 4.79. The second kappa shape index (κ2) is 10.3. The molecule has 0 bridgehead atoms. The Kier molecular flexibility index (Phi) is 7.16. The molecule has 0 aliphatic carbocycles. The molecular formula is C26H25N3O6S. The van der Waals surface area contributed by atoms with Gasteiger partial charge in [0, 0.05) is 18.0 Å². The first-order valence-electron chi connectivity index (χ1n) is 11.2. The number of methoxy groups -OCH3 is 1. The largest absolute Gasteiger partial charge is 0.507 e. The highest BCUT2D eigenvalue weighted by molar-refractivity contribution is 7.17. The van der Waals surface area contributed by atoms with E-state index in [2.05, 4.69) is 9.97 Å². The van der Waals surface area contributed by atoms with Crippen LogP contribution in [0.25, 0.3) is 5.76 Å². The van der Waals surface area contributed by atoms with Crippen LogP contribution in [0.1, 0.15) is 46.4 Å². The number of benzene rings is 1. The summed E-state index contributed by atoms with van der Waals surface area (Å²) in [4.78, 5) is 48.5. The molecule has 36 heavy (non-hydrogen) atoms. The minimum absolute atomic E-state index is 0.101. The summed E-state index contributed by atoms with van der Waals surface area (Å²) in [6.45, 7) is 6.23. The SMILES string of the molecule is COC(=O)c1sc(N2C(=O)C(=O)/C(=C(\O)c3ccc(OCC(C)C)cc3)C2c2cccnc2)nc1C. The number of carbonyl (C=O) groups is 3. The summed E-state index contributed by atoms with van der Waals surface area (Å²) in [6, 6.07) is 9.02. The number of aryl methyl sites for hydroxylation is 1. The second-order valence-electron chi connectivity index (χ2n) is 8.59. The molecule has 1 atom stereocenters. The van der Waals surface area contributed by atoms with Crippen LogP contribution < -0.4 is 9.64 Å². The Labute approximate surface area is 212 Å². The molecule has 1 N–H and O–H groups in total. The number of nitrogens with zero attached hydrogens (tertiary/aromatic N) is 3. The Balaban J connectivity index is 1.81. The van der Waals surface area contributed by atoms with Crippen molar-refractivity contribution < 1.29 is 29.0 Å². The van der Waals surface area contributed by atoms with Crippen molar-refractivity contribution in [3.05, 3.63) is 76.1 Å². The van der Waals surface area contributed by atoms with Crippen molar-refractivity contribution in [1.29, 1.82) is 0 Å². The van der Waals surface area contributed by atoms with Crippen LogP contribution in [0.4, 0.5) is 5.13 Å². The number of aromatic nitrogens is 2. The lowest BCUT2D eigenvalue weighted by atomic mass is 9.96. The highest BCUT2D eigenvalue weighted by atomic mass is 32.1. The van der Waals surface area contributed by atoms with Gasteiger partial charge < -0.3 is 14.6 Å². The van der Waals surface area contributed by atoms with E-state index in [4.69, 9.17) is 9.47 Å². The molecule has 0 radical (unpaired) electrons. The molecule has 186 valence electrons. The van der Waals surface area contributed by atoms with E-state index in [1.54, 1.807) is 49.5 Å². The lowest BCUT2D eigenvalue weighted by Gasteiger charge is -2.22. The number of ether oxygens (including phenoxy) is 2. The van der Waals surface area contributed by atoms with Crippen LogP contribution in [0.5, 0.6) is 5.75 Å². The van der Waals surface area contributed by atoms with Gasteiger partial charge in [-0.1, -0.05) is 31.3 Å². The number of hydrogen-bond acceptors (Lipinski definition) is 9. The predicted octanol–water partition coefficient (Wildman–Crippen LogP) is 4.29. The quantitative estimate of drug-likeness (QED) is 0.218. The van der Waals surface area contributed by atoms with Gasteiger partial charge in [0.05, 0.1) is 31.0 Å². The second-order valence-corrected chi connectivity index (χ2v) is 9.56. The molecule has 9 nitrogen and oxygen atoms in total. The molecule has 3 heterocycles. The lowest BCUT2D eigenvalue weighted by molar-refractivity contribution is -0.132. The number of esters is 1. The number of anilines is 1. The molecule has 10 heteroatoms. The van der Waals surface area contributed by atoms with Gasteiger partial charge >= 0.3 is 11.9 Å². The number of carbonyl (C=O) groups excluding carboxylic acids is 3. The summed E-state index contributed by atoms with van der Waals surface area (Å²) in [6.07, 6.45) is 3.08. The van der Waals surface area contributed by atoms with E-state index in [1.165, 1.54) is 18.2 Å². The van der Waals surface area contributed by atoms with Gasteiger partial charge in [-0.05, 0) is 48.7 Å². The van der Waals surface area contributed by atoms with Crippen molar-refractivity contribution in [3.8, 4) is 5.75 Å². The molecule has 4 rings (SSSR count). The van der Waals surface area contributed by atoms with Gasteiger partial charge in [-0.15, -0.1) is 0 Å². The Morgan fingerprint density at radius 1 is 1.19 bits per heavy atom. The number of hydrogen-bond donors (Lipinski definition) is 1. The maximum atomic E-state index is 13.2. The fraction of sp³-hybridized carbons (Fsp3) is 0.269. The third-order valence-electron chi connectivity index (χ3n) is 5.52. The van der Waals surface area contributed by atoms with Crippen LogP contribution in [0.2, 0.25) is 0 Å². The summed E-state index contributed by atoms with van der Waals surface area (Å²) in [5.74, 6) is -1.69. The van der Waals surface area contributed by atoms with Crippen LogP contribution in [-0.2, 0) is 14.3 Å². The number of ketones is 1. The molecule has 1 aliphatic heterocycles. The van der Waals surface area contributed by atoms with Gasteiger partial charge in [-0.25, -0.2) is 9.78 Å². The predicted molar refractivity (Wildman–Crippen MR) is 134 cm³/mol. The van der Waals surface area contributed by atoms with Crippen LogP contribution in [0, 0.1) is 12.8 Å². The van der Waals surface area contributed by atoms with E-state index in [0.29, 0.717) is 35.1 Å². The number of rotatable bonds is 7. The Hall–Kier alpha value is -4.05. The number of thiazole rings is 1. The normalized spacial score (nSPS) is 17.0. The number of Topliss-reactive ketones (excluding diaryl/α,β-unsaturated/α-hetero) is 1. The average molecular weight is 508 g/mol. The van der Waals surface area contributed by atoms with E-state index in [0.717, 1.165) is 11.3 Å². The zero-order valence-electron chi connectivity index (χ0n) is 20.2. The number of aliphatic hydroxyl groups excluding tert-OH is 1. The van der Waals surface area contributed by atoms with Crippen molar-refractivity contribution in [2.75, 3.05) is 18.6 Å². The fourth-order valence-electron chi connectivity index (χ4n) is 3.78. The van der Waals surface area contributed by atoms with Gasteiger partial charge in [0.15, 0.2) is 5.13 Å². The Bertz CT molecular complexity index is 1330. The molecule has 0 spiro atoms. The van der Waals surface area contributed by atoms with Crippen molar-refractivity contribution in [2.24, 2.45) is 5.92 Å². The molecule has 1 aromatic carbocycles. The van der Waals surface area contributed by atoms with Gasteiger partial charge in [-0.3, -0.25) is 19.5 Å². The molecule has 3 aromatic rings. The molecule has 0 saturated carbocycles. The zero-order chi connectivity index (χ0) is 26.0. The molecule has 1 saturated heterocycles. The smallest absolute Gasteiger partial charge is 0.350 e. The lowest BCUT2D eigenvalue weighted by Crippen LogP contribution is -2.29. The van der Waals surface area contributed by atoms with Crippen LogP contribution in [-0.4, -0.2) is 46.5 Å². The summed E-state index contributed by atoms with van der Waals surface area (Å²) >= 11 is 0.939. The maximum absolute atomic E-state index is 13.2. The highest BCUT2D eigenvalue weighted by Gasteiger charge is 2.48. The van der Waals surface area contributed by atoms with Crippen molar-refractivity contribution in [1.82, 2.24) is 9.97 Å². The van der Waals surface area contributed by atoms with Gasteiger partial charge in [-0.2, -0.15) is 0 Å². The minimum atomic E-state index is -0.994. The van der Waals surface area contributed by atoms with E-state index in [9.17, 15) is 19.5 Å². The van der Waals surface area contributed by atoms with Crippen LogP contribution in [0.3, 0.4) is 0 Å². The van der Waals surface area contributed by atoms with Gasteiger partial charge in [0.25, 0.3) is 5.78 Å². The van der Waals surface area contributed by atoms with E-state index in [-0.39, 0.29) is 21.3 Å². The van der Waals surface area contributed by atoms with E-state index >= 15 is 0 Å². The van der Waals surface area contributed by atoms with E-state index < -0.39 is 23.7 Å². The molecule has 1 unspecified atom stereocenters. The highest BCUT2D eigenvalue weighted by Crippen LogP contribution is 2.43. The van der Waals surface area contributed by atoms with Crippen molar-refractivity contribution in [3.63, 3.8) is 0 Å². The zero-order valence-corrected chi connectivity index (χ0v) is 21.0. The first-order valence-corrected chi connectivity index (χ1v) is 12.0. The number of amides is 1. The first kappa shape index (κ1) is 25.1. The average Bonchev–Trinajstić information content (AvgIpc) is 3.39. The van der Waals surface area contributed by atoms with Crippen molar-refractivity contribution in [2.45, 2.75) is 26.8 Å². The van der Waals surface area contributed by atoms with E-state index in [1.807, 2.05) is 13.8 Å². The summed E-state index contributed by atoms with van der Waals surface area (Å²) in [5.41, 5.74) is 1.12. The first-order chi connectivity index (χ1) is 17.2. The van der Waals surface area contributed by atoms with Crippen molar-refractivity contribution >= 4 is 39.9 Å².